The Morgan fingerprint density at radius 1 is 1.40 bits per heavy atom. The van der Waals surface area contributed by atoms with Crippen LogP contribution in [0.4, 0.5) is 0 Å². The van der Waals surface area contributed by atoms with E-state index in [9.17, 15) is 0 Å². The molecule has 1 aliphatic heterocycles. The molecule has 0 amide bonds. The van der Waals surface area contributed by atoms with Gasteiger partial charge in [-0.05, 0) is 53.8 Å². The van der Waals surface area contributed by atoms with E-state index in [0.717, 1.165) is 10.4 Å². The first kappa shape index (κ1) is 11.4. The Bertz CT molecular complexity index is 313. The van der Waals surface area contributed by atoms with E-state index in [1.807, 2.05) is 24.2 Å². The molecule has 0 spiro atoms. The molecule has 82 valence electrons. The maximum absolute atomic E-state index is 4.17. The molecule has 1 aromatic rings. The van der Waals surface area contributed by atoms with Crippen molar-refractivity contribution in [2.75, 3.05) is 18.8 Å². The lowest BCUT2D eigenvalue weighted by molar-refractivity contribution is 0.408. The van der Waals surface area contributed by atoms with Gasteiger partial charge >= 0.3 is 0 Å². The molecule has 1 aromatic heterocycles. The summed E-state index contributed by atoms with van der Waals surface area (Å²) in [6, 6.07) is 2.14. The Labute approximate surface area is 103 Å². The smallest absolute Gasteiger partial charge is 0.0411 e. The molecule has 1 N–H and O–H groups in total. The van der Waals surface area contributed by atoms with Crippen LogP contribution in [0.5, 0.6) is 0 Å². The van der Waals surface area contributed by atoms with Gasteiger partial charge in [0.05, 0.1) is 0 Å². The largest absolute Gasteiger partial charge is 0.317 e. The van der Waals surface area contributed by atoms with Crippen LogP contribution in [0.25, 0.3) is 0 Å². The predicted molar refractivity (Wildman–Crippen MR) is 68.3 cm³/mol. The lowest BCUT2D eigenvalue weighted by Gasteiger charge is -2.21. The molecule has 1 fully saturated rings. The minimum Gasteiger partial charge on any atom is -0.317 e. The van der Waals surface area contributed by atoms with E-state index in [4.69, 9.17) is 0 Å². The number of nitrogens with one attached hydrogen (secondary N) is 1. The molecule has 2 heterocycles. The van der Waals surface area contributed by atoms with Gasteiger partial charge in [-0.25, -0.2) is 0 Å². The summed E-state index contributed by atoms with van der Waals surface area (Å²) >= 11 is 5.36. The van der Waals surface area contributed by atoms with Crippen LogP contribution in [-0.2, 0) is 0 Å². The third-order valence-electron chi connectivity index (χ3n) is 2.62. The quantitative estimate of drug-likeness (QED) is 0.865. The topological polar surface area (TPSA) is 24.9 Å². The summed E-state index contributed by atoms with van der Waals surface area (Å²) in [6.07, 6.45) is 6.40. The molecule has 2 nitrogen and oxygen atoms in total. The average Bonchev–Trinajstić information content (AvgIpc) is 2.28. The molecule has 2 rings (SSSR count). The molecule has 0 saturated carbocycles. The highest BCUT2D eigenvalue weighted by atomic mass is 79.9. The van der Waals surface area contributed by atoms with Gasteiger partial charge in [0, 0.05) is 27.5 Å². The van der Waals surface area contributed by atoms with Crippen molar-refractivity contribution < 1.29 is 0 Å². The molecular formula is C11H15BrN2S. The molecule has 0 aliphatic carbocycles. The third-order valence-corrected chi connectivity index (χ3v) is 4.25. The third kappa shape index (κ3) is 3.78. The van der Waals surface area contributed by atoms with Gasteiger partial charge in [-0.15, -0.1) is 11.8 Å². The summed E-state index contributed by atoms with van der Waals surface area (Å²) in [7, 11) is 0. The van der Waals surface area contributed by atoms with E-state index in [1.54, 1.807) is 0 Å². The molecule has 0 aromatic carbocycles. The number of nitrogens with zero attached hydrogens (tertiary/aromatic N) is 1. The number of hydrogen-bond donors (Lipinski definition) is 1. The first-order valence-electron chi connectivity index (χ1n) is 5.28. The number of rotatable bonds is 3. The Balaban J connectivity index is 1.81. The van der Waals surface area contributed by atoms with Gasteiger partial charge in [-0.2, -0.15) is 0 Å². The normalized spacial score (nSPS) is 17.9. The number of halogens is 1. The highest BCUT2D eigenvalue weighted by molar-refractivity contribution is 9.10. The maximum atomic E-state index is 4.17. The van der Waals surface area contributed by atoms with Crippen LogP contribution in [0.1, 0.15) is 12.8 Å². The second kappa shape index (κ2) is 5.87. The van der Waals surface area contributed by atoms with E-state index in [-0.39, 0.29) is 0 Å². The molecule has 0 bridgehead atoms. The van der Waals surface area contributed by atoms with Crippen molar-refractivity contribution in [2.45, 2.75) is 17.7 Å². The minimum atomic E-state index is 0.871. The SMILES string of the molecule is Brc1cncc(SCC2CCNCC2)c1. The first-order chi connectivity index (χ1) is 7.34. The van der Waals surface area contributed by atoms with Gasteiger partial charge in [0.1, 0.15) is 0 Å². The van der Waals surface area contributed by atoms with E-state index in [0.29, 0.717) is 0 Å². The Morgan fingerprint density at radius 2 is 2.20 bits per heavy atom. The second-order valence-corrected chi connectivity index (χ2v) is 5.85. The molecule has 0 atom stereocenters. The standard InChI is InChI=1S/C11H15BrN2S/c12-10-5-11(7-14-6-10)15-8-9-1-3-13-4-2-9/h5-7,9,13H,1-4,8H2. The van der Waals surface area contributed by atoms with Crippen molar-refractivity contribution in [3.05, 3.63) is 22.9 Å². The predicted octanol–water partition coefficient (Wildman–Crippen LogP) is 2.94. The van der Waals surface area contributed by atoms with Gasteiger partial charge in [0.25, 0.3) is 0 Å². The monoisotopic (exact) mass is 286 g/mol. The van der Waals surface area contributed by atoms with Crippen molar-refractivity contribution in [1.29, 1.82) is 0 Å². The van der Waals surface area contributed by atoms with Crippen molar-refractivity contribution >= 4 is 27.7 Å². The van der Waals surface area contributed by atoms with Crippen LogP contribution in [0.2, 0.25) is 0 Å². The summed E-state index contributed by atoms with van der Waals surface area (Å²) in [5.74, 6) is 2.09. The molecule has 4 heteroatoms. The van der Waals surface area contributed by atoms with Crippen LogP contribution in [0.15, 0.2) is 27.8 Å². The Morgan fingerprint density at radius 3 is 2.93 bits per heavy atom. The Hall–Kier alpha value is -0.0600. The fourth-order valence-electron chi connectivity index (χ4n) is 1.73. The molecule has 1 aliphatic rings. The number of pyridine rings is 1. The van der Waals surface area contributed by atoms with Gasteiger partial charge in [-0.1, -0.05) is 0 Å². The van der Waals surface area contributed by atoms with Crippen molar-refractivity contribution in [3.63, 3.8) is 0 Å². The van der Waals surface area contributed by atoms with Crippen LogP contribution in [0.3, 0.4) is 0 Å². The minimum absolute atomic E-state index is 0.871. The summed E-state index contributed by atoms with van der Waals surface area (Å²) in [5, 5.41) is 3.39. The van der Waals surface area contributed by atoms with Crippen LogP contribution < -0.4 is 5.32 Å². The second-order valence-electron chi connectivity index (χ2n) is 3.84. The van der Waals surface area contributed by atoms with Gasteiger partial charge < -0.3 is 5.32 Å². The van der Waals surface area contributed by atoms with E-state index in [1.165, 1.54) is 36.6 Å². The lowest BCUT2D eigenvalue weighted by Crippen LogP contribution is -2.28. The highest BCUT2D eigenvalue weighted by Gasteiger charge is 2.12. The van der Waals surface area contributed by atoms with Crippen molar-refractivity contribution in [1.82, 2.24) is 10.3 Å². The van der Waals surface area contributed by atoms with Crippen molar-refractivity contribution in [2.24, 2.45) is 5.92 Å². The zero-order chi connectivity index (χ0) is 10.5. The first-order valence-corrected chi connectivity index (χ1v) is 7.06. The number of hydrogen-bond acceptors (Lipinski definition) is 3. The summed E-state index contributed by atoms with van der Waals surface area (Å²) < 4.78 is 1.07. The van der Waals surface area contributed by atoms with Crippen LogP contribution in [0, 0.1) is 5.92 Å². The fourth-order valence-corrected chi connectivity index (χ4v) is 3.36. The molecule has 1 saturated heterocycles. The van der Waals surface area contributed by atoms with Crippen LogP contribution >= 0.6 is 27.7 Å². The summed E-state index contributed by atoms with van der Waals surface area (Å²) in [6.45, 7) is 2.37. The molecule has 15 heavy (non-hydrogen) atoms. The molecule has 0 radical (unpaired) electrons. The van der Waals surface area contributed by atoms with E-state index < -0.39 is 0 Å². The average molecular weight is 287 g/mol. The van der Waals surface area contributed by atoms with E-state index in [2.05, 4.69) is 32.3 Å². The van der Waals surface area contributed by atoms with Crippen molar-refractivity contribution in [3.8, 4) is 0 Å². The highest BCUT2D eigenvalue weighted by Crippen LogP contribution is 2.25. The van der Waals surface area contributed by atoms with Gasteiger partial charge in [0.15, 0.2) is 0 Å². The number of thioether (sulfide) groups is 1. The number of aromatic nitrogens is 1. The fraction of sp³-hybridized carbons (Fsp3) is 0.545. The molecular weight excluding hydrogens is 272 g/mol. The van der Waals surface area contributed by atoms with E-state index >= 15 is 0 Å². The lowest BCUT2D eigenvalue weighted by atomic mass is 10.0. The van der Waals surface area contributed by atoms with Crippen LogP contribution in [-0.4, -0.2) is 23.8 Å². The Kier molecular flexibility index (Phi) is 4.47. The summed E-state index contributed by atoms with van der Waals surface area (Å²) in [4.78, 5) is 5.43. The van der Waals surface area contributed by atoms with Gasteiger partial charge in [-0.3, -0.25) is 4.98 Å². The van der Waals surface area contributed by atoms with Gasteiger partial charge in [0.2, 0.25) is 0 Å². The zero-order valence-electron chi connectivity index (χ0n) is 8.58. The zero-order valence-corrected chi connectivity index (χ0v) is 11.0. The molecule has 0 unspecified atom stereocenters. The summed E-state index contributed by atoms with van der Waals surface area (Å²) in [5.41, 5.74) is 0. The maximum Gasteiger partial charge on any atom is 0.0411 e. The number of piperidine rings is 1.